The number of halogens is 1. The van der Waals surface area contributed by atoms with Crippen LogP contribution in [0.15, 0.2) is 82.0 Å². The number of amides is 2. The second-order valence-corrected chi connectivity index (χ2v) is 8.43. The first-order valence-electron chi connectivity index (χ1n) is 11.5. The van der Waals surface area contributed by atoms with Gasteiger partial charge in [0.15, 0.2) is 0 Å². The zero-order chi connectivity index (χ0) is 27.4. The van der Waals surface area contributed by atoms with Crippen molar-refractivity contribution in [3.8, 4) is 0 Å². The summed E-state index contributed by atoms with van der Waals surface area (Å²) in [4.78, 5) is 51.3. The zero-order valence-electron chi connectivity index (χ0n) is 20.8. The van der Waals surface area contributed by atoms with Crippen LogP contribution in [-0.2, 0) is 30.5 Å². The molecule has 0 fully saturated rings. The minimum atomic E-state index is -0.849. The summed E-state index contributed by atoms with van der Waals surface area (Å²) in [6.07, 6.45) is 1.43. The van der Waals surface area contributed by atoms with Gasteiger partial charge in [0.25, 0.3) is 0 Å². The highest BCUT2D eigenvalue weighted by Crippen LogP contribution is 2.35. The lowest BCUT2D eigenvalue weighted by molar-refractivity contribution is -0.137. The molecule has 0 saturated carbocycles. The average Bonchev–Trinajstić information content (AvgIpc) is 3.45. The van der Waals surface area contributed by atoms with E-state index in [0.29, 0.717) is 22.8 Å². The van der Waals surface area contributed by atoms with Gasteiger partial charge in [-0.2, -0.15) is 0 Å². The van der Waals surface area contributed by atoms with E-state index in [9.17, 15) is 23.6 Å². The maximum atomic E-state index is 13.5. The Morgan fingerprint density at radius 2 is 1.66 bits per heavy atom. The Bertz CT molecular complexity index is 1470. The van der Waals surface area contributed by atoms with Gasteiger partial charge in [0, 0.05) is 23.1 Å². The lowest BCUT2D eigenvalue weighted by Crippen LogP contribution is -2.34. The van der Waals surface area contributed by atoms with E-state index in [2.05, 4.69) is 10.6 Å². The van der Waals surface area contributed by atoms with Crippen LogP contribution in [0.2, 0.25) is 0 Å². The third-order valence-corrected chi connectivity index (χ3v) is 5.77. The molecular formula is C28H24FN3O6. The van der Waals surface area contributed by atoms with Crippen molar-refractivity contribution >= 4 is 41.0 Å². The molecular weight excluding hydrogens is 493 g/mol. The van der Waals surface area contributed by atoms with Crippen LogP contribution in [0, 0.1) is 12.7 Å². The van der Waals surface area contributed by atoms with Crippen LogP contribution in [-0.4, -0.2) is 30.7 Å². The number of nitrogens with zero attached hydrogens (tertiary/aromatic N) is 1. The lowest BCUT2D eigenvalue weighted by atomic mass is 10.1. The van der Waals surface area contributed by atoms with Gasteiger partial charge in [0.1, 0.15) is 22.9 Å². The van der Waals surface area contributed by atoms with Crippen molar-refractivity contribution in [3.05, 3.63) is 101 Å². The molecule has 2 N–H and O–H groups in total. The maximum absolute atomic E-state index is 13.5. The van der Waals surface area contributed by atoms with Gasteiger partial charge in [-0.3, -0.25) is 14.4 Å². The van der Waals surface area contributed by atoms with Crippen molar-refractivity contribution < 1.29 is 32.7 Å². The number of ether oxygens (including phenoxy) is 1. The normalized spacial score (nSPS) is 14.2. The number of hydrogen-bond acceptors (Lipinski definition) is 7. The first-order valence-corrected chi connectivity index (χ1v) is 11.5. The van der Waals surface area contributed by atoms with Gasteiger partial charge in [-0.15, -0.1) is 0 Å². The minimum Gasteiger partial charge on any atom is -0.465 e. The van der Waals surface area contributed by atoms with Crippen LogP contribution < -0.4 is 15.5 Å². The van der Waals surface area contributed by atoms with Crippen LogP contribution in [0.1, 0.15) is 24.0 Å². The van der Waals surface area contributed by atoms with Crippen molar-refractivity contribution in [2.75, 3.05) is 17.3 Å². The van der Waals surface area contributed by atoms with E-state index < -0.39 is 29.4 Å². The summed E-state index contributed by atoms with van der Waals surface area (Å²) < 4.78 is 24.0. The van der Waals surface area contributed by atoms with Gasteiger partial charge in [0.2, 0.25) is 5.78 Å². The largest absolute Gasteiger partial charge is 0.465 e. The first kappa shape index (κ1) is 26.1. The number of aryl methyl sites for hydroxylation is 1. The van der Waals surface area contributed by atoms with Crippen LogP contribution >= 0.6 is 0 Å². The third-order valence-electron chi connectivity index (χ3n) is 5.77. The number of Topliss-reactive ketones (excluding diaryl/α,β-unsaturated/α-hetero) is 1. The molecule has 1 aromatic heterocycles. The van der Waals surface area contributed by atoms with Crippen molar-refractivity contribution in [1.82, 2.24) is 5.32 Å². The van der Waals surface area contributed by atoms with Gasteiger partial charge >= 0.3 is 17.8 Å². The van der Waals surface area contributed by atoms with Gasteiger partial charge < -0.3 is 24.7 Å². The topological polar surface area (TPSA) is 118 Å². The minimum absolute atomic E-state index is 0.0797. The Hall–Kier alpha value is -4.99. The lowest BCUT2D eigenvalue weighted by Gasteiger charge is -2.21. The summed E-state index contributed by atoms with van der Waals surface area (Å²) in [6, 6.07) is 15.6. The molecule has 2 aromatic carbocycles. The van der Waals surface area contributed by atoms with Gasteiger partial charge in [-0.05, 0) is 62.4 Å². The molecule has 2 heterocycles. The molecule has 3 aromatic rings. The highest BCUT2D eigenvalue weighted by molar-refractivity contribution is 6.39. The van der Waals surface area contributed by atoms with Gasteiger partial charge in [-0.1, -0.05) is 17.7 Å². The zero-order valence-corrected chi connectivity index (χ0v) is 20.8. The molecule has 2 amide bonds. The molecule has 9 nitrogen and oxygen atoms in total. The number of hydrogen-bond donors (Lipinski definition) is 2. The molecule has 0 saturated heterocycles. The number of carbonyl (C=O) groups is 4. The number of ketones is 1. The number of furan rings is 1. The fourth-order valence-corrected chi connectivity index (χ4v) is 3.86. The second kappa shape index (κ2) is 11.0. The number of nitrogens with one attached hydrogen (secondary N) is 2. The molecule has 0 spiro atoms. The van der Waals surface area contributed by atoms with Crippen LogP contribution in [0.3, 0.4) is 0 Å². The van der Waals surface area contributed by atoms with E-state index in [0.717, 1.165) is 5.56 Å². The number of esters is 1. The highest BCUT2D eigenvalue weighted by atomic mass is 19.1. The number of benzene rings is 2. The third kappa shape index (κ3) is 5.54. The summed E-state index contributed by atoms with van der Waals surface area (Å²) in [5.41, 5.74) is 2.23. The predicted octanol–water partition coefficient (Wildman–Crippen LogP) is 3.86. The summed E-state index contributed by atoms with van der Waals surface area (Å²) in [5.74, 6) is -2.93. The molecule has 0 unspecified atom stereocenters. The Kier molecular flexibility index (Phi) is 7.52. The maximum Gasteiger partial charge on any atom is 0.343 e. The summed E-state index contributed by atoms with van der Waals surface area (Å²) in [7, 11) is 1.17. The van der Waals surface area contributed by atoms with E-state index in [1.165, 1.54) is 42.4 Å². The standard InChI is InChI=1S/C28H24FN3O6/c1-16-4-8-19(9-5-16)31-27(35)26(34)30-15-22-13-12-21(38-22)14-23-25(33)24(28(36)37-3)17(2)32(23)20-10-6-18(29)7-11-20/h4-14H,15H2,1-3H3,(H,30,34)(H,31,35)/b23-14+. The highest BCUT2D eigenvalue weighted by Gasteiger charge is 2.38. The summed E-state index contributed by atoms with van der Waals surface area (Å²) >= 11 is 0. The molecule has 194 valence electrons. The summed E-state index contributed by atoms with van der Waals surface area (Å²) in [5, 5.41) is 4.98. The molecule has 1 aliphatic rings. The first-order chi connectivity index (χ1) is 18.2. The molecule has 4 rings (SSSR count). The molecule has 0 radical (unpaired) electrons. The molecule has 0 aliphatic carbocycles. The monoisotopic (exact) mass is 517 g/mol. The quantitative estimate of drug-likeness (QED) is 0.221. The van der Waals surface area contributed by atoms with Crippen molar-refractivity contribution in [2.45, 2.75) is 20.4 Å². The van der Waals surface area contributed by atoms with Crippen molar-refractivity contribution in [2.24, 2.45) is 0 Å². The van der Waals surface area contributed by atoms with Gasteiger partial charge in [0.05, 0.1) is 19.4 Å². The molecule has 0 bridgehead atoms. The van der Waals surface area contributed by atoms with Crippen LogP contribution in [0.4, 0.5) is 15.8 Å². The molecule has 38 heavy (non-hydrogen) atoms. The molecule has 10 heteroatoms. The number of methoxy groups -OCH3 is 1. The van der Waals surface area contributed by atoms with Crippen LogP contribution in [0.5, 0.6) is 0 Å². The smallest absolute Gasteiger partial charge is 0.343 e. The predicted molar refractivity (Wildman–Crippen MR) is 137 cm³/mol. The number of anilines is 2. The SMILES string of the molecule is COC(=O)C1=C(C)N(c2ccc(F)cc2)/C(=C/c2ccc(CNC(=O)C(=O)Nc3ccc(C)cc3)o2)C1=O. The Labute approximate surface area is 217 Å². The number of allylic oxidation sites excluding steroid dienone is 2. The number of rotatable bonds is 6. The van der Waals surface area contributed by atoms with Crippen molar-refractivity contribution in [3.63, 3.8) is 0 Å². The Balaban J connectivity index is 1.50. The molecule has 0 atom stereocenters. The van der Waals surface area contributed by atoms with E-state index in [4.69, 9.17) is 9.15 Å². The molecule has 1 aliphatic heterocycles. The summed E-state index contributed by atoms with van der Waals surface area (Å²) in [6.45, 7) is 3.41. The Morgan fingerprint density at radius 1 is 0.974 bits per heavy atom. The van der Waals surface area contributed by atoms with E-state index in [-0.39, 0.29) is 23.6 Å². The average molecular weight is 518 g/mol. The van der Waals surface area contributed by atoms with Gasteiger partial charge in [-0.25, -0.2) is 9.18 Å². The Morgan fingerprint density at radius 3 is 2.32 bits per heavy atom. The van der Waals surface area contributed by atoms with Crippen molar-refractivity contribution in [1.29, 1.82) is 0 Å². The van der Waals surface area contributed by atoms with E-state index in [1.807, 2.05) is 19.1 Å². The fraction of sp³-hybridized carbons (Fsp3) is 0.143. The van der Waals surface area contributed by atoms with Crippen LogP contribution in [0.25, 0.3) is 6.08 Å². The fourth-order valence-electron chi connectivity index (χ4n) is 3.86. The number of carbonyl (C=O) groups excluding carboxylic acids is 4. The van der Waals surface area contributed by atoms with E-state index >= 15 is 0 Å². The second-order valence-electron chi connectivity index (χ2n) is 8.43. The van der Waals surface area contributed by atoms with E-state index in [1.54, 1.807) is 31.2 Å².